The maximum absolute atomic E-state index is 11.6. The number of rotatable bonds is 5. The second kappa shape index (κ2) is 7.21. The number of ether oxygens (including phenoxy) is 1. The molecule has 1 aliphatic rings. The molecule has 0 saturated carbocycles. The summed E-state index contributed by atoms with van der Waals surface area (Å²) >= 11 is 6.40. The summed E-state index contributed by atoms with van der Waals surface area (Å²) in [6, 6.07) is 5.81. The van der Waals surface area contributed by atoms with E-state index in [2.05, 4.69) is 11.0 Å². The molecule has 0 aliphatic carbocycles. The zero-order valence-electron chi connectivity index (χ0n) is 12.2. The molecule has 1 aromatic rings. The van der Waals surface area contributed by atoms with E-state index in [1.807, 2.05) is 12.1 Å². The summed E-state index contributed by atoms with van der Waals surface area (Å²) in [5.41, 5.74) is 1.77. The highest BCUT2D eigenvalue weighted by Crippen LogP contribution is 2.34. The molecule has 110 valence electrons. The van der Waals surface area contributed by atoms with Crippen LogP contribution in [0.2, 0.25) is 5.02 Å². The van der Waals surface area contributed by atoms with E-state index in [0.717, 1.165) is 44.6 Å². The number of hydrogen-bond donors (Lipinski definition) is 0. The van der Waals surface area contributed by atoms with Gasteiger partial charge in [-0.05, 0) is 50.4 Å². The van der Waals surface area contributed by atoms with E-state index in [1.165, 1.54) is 0 Å². The lowest BCUT2D eigenvalue weighted by molar-refractivity contribution is 0.101. The standard InChI is InChI=1S/C16H22ClNO2/c1-12(19)14-4-3-5-15(16(14)17)13-6-8-18(9-7-13)10-11-20-2/h3-5,13H,6-11H2,1-2H3. The van der Waals surface area contributed by atoms with Crippen LogP contribution >= 0.6 is 11.6 Å². The molecular formula is C16H22ClNO2. The first-order valence-corrected chi connectivity index (χ1v) is 7.52. The fourth-order valence-electron chi connectivity index (χ4n) is 2.82. The van der Waals surface area contributed by atoms with Crippen LogP contribution in [0.15, 0.2) is 18.2 Å². The molecule has 0 aromatic heterocycles. The van der Waals surface area contributed by atoms with Crippen LogP contribution in [0.1, 0.15) is 41.6 Å². The second-order valence-corrected chi connectivity index (χ2v) is 5.75. The Hall–Kier alpha value is -0.900. The molecule has 1 fully saturated rings. The normalized spacial score (nSPS) is 17.4. The first-order valence-electron chi connectivity index (χ1n) is 7.14. The molecule has 3 nitrogen and oxygen atoms in total. The Labute approximate surface area is 125 Å². The summed E-state index contributed by atoms with van der Waals surface area (Å²) in [5.74, 6) is 0.495. The van der Waals surface area contributed by atoms with Crippen LogP contribution in [-0.4, -0.2) is 44.0 Å². The van der Waals surface area contributed by atoms with Gasteiger partial charge in [-0.15, -0.1) is 0 Å². The summed E-state index contributed by atoms with van der Waals surface area (Å²) in [6.45, 7) is 5.47. The molecule has 4 heteroatoms. The fraction of sp³-hybridized carbons (Fsp3) is 0.562. The van der Waals surface area contributed by atoms with Crippen LogP contribution in [0.3, 0.4) is 0 Å². The third-order valence-electron chi connectivity index (χ3n) is 4.05. The Morgan fingerprint density at radius 2 is 2.10 bits per heavy atom. The Bertz CT molecular complexity index is 468. The number of carbonyl (C=O) groups is 1. The number of halogens is 1. The van der Waals surface area contributed by atoms with Crippen molar-refractivity contribution >= 4 is 17.4 Å². The van der Waals surface area contributed by atoms with Gasteiger partial charge in [0.05, 0.1) is 11.6 Å². The van der Waals surface area contributed by atoms with Crippen molar-refractivity contribution in [1.82, 2.24) is 4.90 Å². The molecule has 0 N–H and O–H groups in total. The average Bonchev–Trinajstić information content (AvgIpc) is 2.46. The average molecular weight is 296 g/mol. The van der Waals surface area contributed by atoms with Crippen molar-refractivity contribution in [1.29, 1.82) is 0 Å². The molecule has 1 aromatic carbocycles. The largest absolute Gasteiger partial charge is 0.383 e. The predicted octanol–water partition coefficient (Wildman–Crippen LogP) is 3.37. The van der Waals surface area contributed by atoms with Gasteiger partial charge in [0.2, 0.25) is 0 Å². The molecule has 0 radical (unpaired) electrons. The van der Waals surface area contributed by atoms with Gasteiger partial charge in [0.15, 0.2) is 5.78 Å². The number of carbonyl (C=O) groups excluding carboxylic acids is 1. The zero-order chi connectivity index (χ0) is 14.5. The minimum absolute atomic E-state index is 0.0365. The number of methoxy groups -OCH3 is 1. The van der Waals surface area contributed by atoms with Gasteiger partial charge in [0.1, 0.15) is 0 Å². The van der Waals surface area contributed by atoms with Gasteiger partial charge in [0, 0.05) is 19.2 Å². The number of nitrogens with zero attached hydrogens (tertiary/aromatic N) is 1. The number of ketones is 1. The van der Waals surface area contributed by atoms with Gasteiger partial charge in [-0.3, -0.25) is 4.79 Å². The highest BCUT2D eigenvalue weighted by molar-refractivity contribution is 6.34. The maximum atomic E-state index is 11.6. The van der Waals surface area contributed by atoms with Gasteiger partial charge in [-0.1, -0.05) is 23.7 Å². The monoisotopic (exact) mass is 295 g/mol. The van der Waals surface area contributed by atoms with Crippen molar-refractivity contribution in [2.24, 2.45) is 0 Å². The van der Waals surface area contributed by atoms with Gasteiger partial charge in [0.25, 0.3) is 0 Å². The number of hydrogen-bond acceptors (Lipinski definition) is 3. The van der Waals surface area contributed by atoms with Gasteiger partial charge < -0.3 is 9.64 Å². The van der Waals surface area contributed by atoms with Gasteiger partial charge >= 0.3 is 0 Å². The smallest absolute Gasteiger partial charge is 0.161 e. The topological polar surface area (TPSA) is 29.5 Å². The molecule has 1 saturated heterocycles. The minimum atomic E-state index is 0.0365. The summed E-state index contributed by atoms with van der Waals surface area (Å²) < 4.78 is 5.12. The summed E-state index contributed by atoms with van der Waals surface area (Å²) in [4.78, 5) is 14.0. The number of benzene rings is 1. The Balaban J connectivity index is 2.04. The Morgan fingerprint density at radius 3 is 2.70 bits per heavy atom. The van der Waals surface area contributed by atoms with Crippen LogP contribution in [0, 0.1) is 0 Å². The quantitative estimate of drug-likeness (QED) is 0.780. The number of piperidine rings is 1. The maximum Gasteiger partial charge on any atom is 0.161 e. The Morgan fingerprint density at radius 1 is 1.40 bits per heavy atom. The molecule has 0 spiro atoms. The highest BCUT2D eigenvalue weighted by Gasteiger charge is 2.23. The molecular weight excluding hydrogens is 274 g/mol. The van der Waals surface area contributed by atoms with Crippen molar-refractivity contribution in [3.63, 3.8) is 0 Å². The molecule has 0 atom stereocenters. The van der Waals surface area contributed by atoms with E-state index >= 15 is 0 Å². The van der Waals surface area contributed by atoms with Crippen LogP contribution in [0.5, 0.6) is 0 Å². The lowest BCUT2D eigenvalue weighted by Crippen LogP contribution is -2.35. The zero-order valence-corrected chi connectivity index (χ0v) is 12.9. The van der Waals surface area contributed by atoms with Gasteiger partial charge in [-0.25, -0.2) is 0 Å². The third kappa shape index (κ3) is 3.60. The first-order chi connectivity index (χ1) is 9.63. The lowest BCUT2D eigenvalue weighted by atomic mass is 9.88. The van der Waals surface area contributed by atoms with E-state index in [-0.39, 0.29) is 5.78 Å². The first kappa shape index (κ1) is 15.5. The predicted molar refractivity (Wildman–Crippen MR) is 81.7 cm³/mol. The van der Waals surface area contributed by atoms with E-state index in [0.29, 0.717) is 16.5 Å². The van der Waals surface area contributed by atoms with Crippen molar-refractivity contribution in [3.8, 4) is 0 Å². The molecule has 0 unspecified atom stereocenters. The van der Waals surface area contributed by atoms with E-state index in [9.17, 15) is 4.79 Å². The second-order valence-electron chi connectivity index (χ2n) is 5.37. The van der Waals surface area contributed by atoms with Crippen LogP contribution < -0.4 is 0 Å². The van der Waals surface area contributed by atoms with E-state index < -0.39 is 0 Å². The minimum Gasteiger partial charge on any atom is -0.383 e. The molecule has 2 rings (SSSR count). The number of Topliss-reactive ketones (excluding diaryl/α,β-unsaturated/α-hetero) is 1. The van der Waals surface area contributed by atoms with Crippen molar-refractivity contribution in [2.75, 3.05) is 33.4 Å². The van der Waals surface area contributed by atoms with Crippen molar-refractivity contribution in [3.05, 3.63) is 34.3 Å². The van der Waals surface area contributed by atoms with Crippen LogP contribution in [0.4, 0.5) is 0 Å². The summed E-state index contributed by atoms with van der Waals surface area (Å²) in [5, 5.41) is 0.648. The highest BCUT2D eigenvalue weighted by atomic mass is 35.5. The summed E-state index contributed by atoms with van der Waals surface area (Å²) in [6.07, 6.45) is 2.18. The van der Waals surface area contributed by atoms with E-state index in [4.69, 9.17) is 16.3 Å². The molecule has 0 bridgehead atoms. The fourth-order valence-corrected chi connectivity index (χ4v) is 3.24. The van der Waals surface area contributed by atoms with Gasteiger partial charge in [-0.2, -0.15) is 0 Å². The van der Waals surface area contributed by atoms with Crippen LogP contribution in [0.25, 0.3) is 0 Å². The Kier molecular flexibility index (Phi) is 5.58. The third-order valence-corrected chi connectivity index (χ3v) is 4.47. The molecule has 20 heavy (non-hydrogen) atoms. The lowest BCUT2D eigenvalue weighted by Gasteiger charge is -2.32. The summed E-state index contributed by atoms with van der Waals surface area (Å²) in [7, 11) is 1.74. The number of likely N-dealkylation sites (tertiary alicyclic amines) is 1. The van der Waals surface area contributed by atoms with Crippen LogP contribution in [-0.2, 0) is 4.74 Å². The molecule has 1 heterocycles. The molecule has 0 amide bonds. The van der Waals surface area contributed by atoms with E-state index in [1.54, 1.807) is 14.0 Å². The van der Waals surface area contributed by atoms with Crippen molar-refractivity contribution in [2.45, 2.75) is 25.7 Å². The SMILES string of the molecule is COCCN1CCC(c2cccc(C(C)=O)c2Cl)CC1. The molecule has 1 aliphatic heterocycles. The van der Waals surface area contributed by atoms with Crippen molar-refractivity contribution < 1.29 is 9.53 Å².